The fraction of sp³-hybridized carbons (Fsp3) is 0.250. The second-order valence-electron chi connectivity index (χ2n) is 4.68. The van der Waals surface area contributed by atoms with Crippen molar-refractivity contribution in [1.29, 1.82) is 0 Å². The summed E-state index contributed by atoms with van der Waals surface area (Å²) in [4.78, 5) is 0. The molecule has 0 heterocycles. The maximum Gasteiger partial charge on any atom is 0.0408 e. The quantitative estimate of drug-likeness (QED) is 0.835. The zero-order chi connectivity index (χ0) is 13.8. The predicted octanol–water partition coefficient (Wildman–Crippen LogP) is 4.91. The molecule has 0 radical (unpaired) electrons. The normalized spacial score (nSPS) is 12.4. The first-order chi connectivity index (χ1) is 9.10. The lowest BCUT2D eigenvalue weighted by atomic mass is 9.98. The van der Waals surface area contributed by atoms with Crippen LogP contribution in [0.25, 0.3) is 0 Å². The van der Waals surface area contributed by atoms with Gasteiger partial charge in [-0.25, -0.2) is 0 Å². The van der Waals surface area contributed by atoms with Crippen molar-refractivity contribution in [3.8, 4) is 0 Å². The van der Waals surface area contributed by atoms with E-state index in [9.17, 15) is 0 Å². The summed E-state index contributed by atoms with van der Waals surface area (Å²) >= 11 is 9.63. The Kier molecular flexibility index (Phi) is 5.03. The molecule has 0 aliphatic heterocycles. The van der Waals surface area contributed by atoms with E-state index in [2.05, 4.69) is 52.4 Å². The molecule has 0 fully saturated rings. The van der Waals surface area contributed by atoms with Crippen LogP contribution < -0.4 is 5.32 Å². The summed E-state index contributed by atoms with van der Waals surface area (Å²) in [7, 11) is 1.99. The number of nitrogens with one attached hydrogen (secondary N) is 1. The third-order valence-corrected chi connectivity index (χ3v) is 4.37. The summed E-state index contributed by atoms with van der Waals surface area (Å²) in [6.07, 6.45) is 0.923. The van der Waals surface area contributed by atoms with Gasteiger partial charge in [0.05, 0.1) is 0 Å². The molecular weight excluding hydrogens is 322 g/mol. The van der Waals surface area contributed by atoms with Crippen LogP contribution in [0.15, 0.2) is 46.9 Å². The van der Waals surface area contributed by atoms with E-state index in [1.54, 1.807) is 0 Å². The van der Waals surface area contributed by atoms with Crippen LogP contribution in [0.3, 0.4) is 0 Å². The minimum absolute atomic E-state index is 0.287. The maximum absolute atomic E-state index is 6.04. The molecule has 2 rings (SSSR count). The molecule has 2 aromatic carbocycles. The molecule has 0 aliphatic carbocycles. The van der Waals surface area contributed by atoms with Crippen LogP contribution in [-0.2, 0) is 6.42 Å². The standard InChI is InChI=1S/C16H17BrClN/c1-11-6-7-13(10-15(11)17)16(19-2)9-12-4-3-5-14(18)8-12/h3-8,10,16,19H,9H2,1-2H3. The molecule has 100 valence electrons. The lowest BCUT2D eigenvalue weighted by molar-refractivity contribution is 0.591. The first-order valence-corrected chi connectivity index (χ1v) is 7.45. The summed E-state index contributed by atoms with van der Waals surface area (Å²) in [6, 6.07) is 14.8. The topological polar surface area (TPSA) is 12.0 Å². The van der Waals surface area contributed by atoms with E-state index in [-0.39, 0.29) is 6.04 Å². The first-order valence-electron chi connectivity index (χ1n) is 6.28. The van der Waals surface area contributed by atoms with E-state index in [1.165, 1.54) is 16.7 Å². The largest absolute Gasteiger partial charge is 0.313 e. The van der Waals surface area contributed by atoms with Gasteiger partial charge in [-0.1, -0.05) is 51.8 Å². The van der Waals surface area contributed by atoms with E-state index in [1.807, 2.05) is 25.2 Å². The molecule has 0 saturated heterocycles. The number of rotatable bonds is 4. The van der Waals surface area contributed by atoms with Crippen molar-refractivity contribution in [2.24, 2.45) is 0 Å². The zero-order valence-electron chi connectivity index (χ0n) is 11.1. The molecule has 1 nitrogen and oxygen atoms in total. The van der Waals surface area contributed by atoms with Gasteiger partial charge in [-0.2, -0.15) is 0 Å². The van der Waals surface area contributed by atoms with E-state index >= 15 is 0 Å². The van der Waals surface area contributed by atoms with Gasteiger partial charge in [0.2, 0.25) is 0 Å². The Morgan fingerprint density at radius 3 is 2.63 bits per heavy atom. The summed E-state index contributed by atoms with van der Waals surface area (Å²) in [6.45, 7) is 2.10. The van der Waals surface area contributed by atoms with Crippen LogP contribution in [0, 0.1) is 6.92 Å². The van der Waals surface area contributed by atoms with Gasteiger partial charge >= 0.3 is 0 Å². The highest BCUT2D eigenvalue weighted by atomic mass is 79.9. The Hall–Kier alpha value is -0.830. The minimum Gasteiger partial charge on any atom is -0.313 e. The molecule has 0 bridgehead atoms. The van der Waals surface area contributed by atoms with E-state index in [4.69, 9.17) is 11.6 Å². The molecule has 0 aliphatic rings. The third-order valence-electron chi connectivity index (χ3n) is 3.28. The molecule has 1 N–H and O–H groups in total. The Morgan fingerprint density at radius 1 is 1.21 bits per heavy atom. The van der Waals surface area contributed by atoms with E-state index in [0.29, 0.717) is 0 Å². The van der Waals surface area contributed by atoms with Crippen molar-refractivity contribution in [3.63, 3.8) is 0 Å². The van der Waals surface area contributed by atoms with Crippen molar-refractivity contribution < 1.29 is 0 Å². The molecule has 1 atom stereocenters. The lowest BCUT2D eigenvalue weighted by Gasteiger charge is -2.18. The fourth-order valence-corrected chi connectivity index (χ4v) is 2.72. The van der Waals surface area contributed by atoms with Crippen molar-refractivity contribution in [2.75, 3.05) is 7.05 Å². The monoisotopic (exact) mass is 337 g/mol. The highest BCUT2D eigenvalue weighted by Crippen LogP contribution is 2.24. The molecule has 0 saturated carbocycles. The molecule has 0 amide bonds. The summed E-state index contributed by atoms with van der Waals surface area (Å²) in [5, 5.41) is 4.16. The second-order valence-corrected chi connectivity index (χ2v) is 5.97. The fourth-order valence-electron chi connectivity index (χ4n) is 2.11. The molecule has 3 heteroatoms. The highest BCUT2D eigenvalue weighted by Gasteiger charge is 2.11. The van der Waals surface area contributed by atoms with Gasteiger partial charge in [0.25, 0.3) is 0 Å². The van der Waals surface area contributed by atoms with E-state index < -0.39 is 0 Å². The van der Waals surface area contributed by atoms with E-state index in [0.717, 1.165) is 15.9 Å². The molecule has 1 unspecified atom stereocenters. The Bertz CT molecular complexity index is 568. The van der Waals surface area contributed by atoms with Crippen LogP contribution in [0.4, 0.5) is 0 Å². The molecular formula is C16H17BrClN. The Balaban J connectivity index is 2.22. The molecule has 0 spiro atoms. The molecule has 2 aromatic rings. The van der Waals surface area contributed by atoms with Gasteiger partial charge in [-0.15, -0.1) is 0 Å². The van der Waals surface area contributed by atoms with Gasteiger partial charge < -0.3 is 5.32 Å². The number of likely N-dealkylation sites (N-methyl/N-ethyl adjacent to an activating group) is 1. The number of aryl methyl sites for hydroxylation is 1. The SMILES string of the molecule is CNC(Cc1cccc(Cl)c1)c1ccc(C)c(Br)c1. The van der Waals surface area contributed by atoms with Crippen molar-refractivity contribution in [3.05, 3.63) is 68.7 Å². The smallest absolute Gasteiger partial charge is 0.0408 e. The first kappa shape index (κ1) is 14.6. The van der Waals surface area contributed by atoms with Crippen LogP contribution in [-0.4, -0.2) is 7.05 Å². The highest BCUT2D eigenvalue weighted by molar-refractivity contribution is 9.10. The summed E-state index contributed by atoms with van der Waals surface area (Å²) in [5.41, 5.74) is 3.77. The van der Waals surface area contributed by atoms with Crippen molar-refractivity contribution in [2.45, 2.75) is 19.4 Å². The molecule has 0 aromatic heterocycles. The van der Waals surface area contributed by atoms with Crippen molar-refractivity contribution in [1.82, 2.24) is 5.32 Å². The minimum atomic E-state index is 0.287. The zero-order valence-corrected chi connectivity index (χ0v) is 13.4. The van der Waals surface area contributed by atoms with Gasteiger partial charge in [0.1, 0.15) is 0 Å². The van der Waals surface area contributed by atoms with Gasteiger partial charge in [-0.05, 0) is 55.3 Å². The Morgan fingerprint density at radius 2 is 2.00 bits per heavy atom. The van der Waals surface area contributed by atoms with Gasteiger partial charge in [0.15, 0.2) is 0 Å². The number of hydrogen-bond donors (Lipinski definition) is 1. The average molecular weight is 339 g/mol. The second kappa shape index (κ2) is 6.56. The number of hydrogen-bond acceptors (Lipinski definition) is 1. The summed E-state index contributed by atoms with van der Waals surface area (Å²) < 4.78 is 1.15. The van der Waals surface area contributed by atoms with Crippen LogP contribution in [0.2, 0.25) is 5.02 Å². The summed E-state index contributed by atoms with van der Waals surface area (Å²) in [5.74, 6) is 0. The maximum atomic E-state index is 6.04. The third kappa shape index (κ3) is 3.82. The number of benzene rings is 2. The molecule has 19 heavy (non-hydrogen) atoms. The van der Waals surface area contributed by atoms with Crippen LogP contribution in [0.5, 0.6) is 0 Å². The van der Waals surface area contributed by atoms with Crippen LogP contribution in [0.1, 0.15) is 22.7 Å². The van der Waals surface area contributed by atoms with Crippen LogP contribution >= 0.6 is 27.5 Å². The predicted molar refractivity (Wildman–Crippen MR) is 85.8 cm³/mol. The average Bonchev–Trinajstić information content (AvgIpc) is 2.39. The van der Waals surface area contributed by atoms with Gasteiger partial charge in [-0.3, -0.25) is 0 Å². The number of halogens is 2. The Labute approximate surface area is 128 Å². The lowest BCUT2D eigenvalue weighted by Crippen LogP contribution is -2.18. The van der Waals surface area contributed by atoms with Gasteiger partial charge in [0, 0.05) is 15.5 Å². The van der Waals surface area contributed by atoms with Crippen molar-refractivity contribution >= 4 is 27.5 Å².